The Morgan fingerprint density at radius 3 is 1.53 bits per heavy atom. The molecule has 1 fully saturated rings. The zero-order valence-corrected chi connectivity index (χ0v) is 12.9. The molecule has 1 aliphatic carbocycles. The molecule has 0 heterocycles. The van der Waals surface area contributed by atoms with Crippen molar-refractivity contribution in [1.82, 2.24) is 0 Å². The lowest BCUT2D eigenvalue weighted by Gasteiger charge is -2.47. The Bertz CT molecular complexity index is 215. The Hall–Kier alpha value is 0.0649. The Labute approximate surface area is 110 Å². The van der Waals surface area contributed by atoms with Gasteiger partial charge in [0.2, 0.25) is 0 Å². The van der Waals surface area contributed by atoms with E-state index in [1.807, 2.05) is 0 Å². The summed E-state index contributed by atoms with van der Waals surface area (Å²) in [7, 11) is 6.08. The molecule has 1 aliphatic rings. The Kier molecular flexibility index (Phi) is 4.43. The predicted molar refractivity (Wildman–Crippen MR) is 78.5 cm³/mol. The van der Waals surface area contributed by atoms with Crippen molar-refractivity contribution in [2.75, 3.05) is 0 Å². The molecular weight excluding hydrogens is 203 g/mol. The largest absolute Gasteiger partial charge is 0.0773 e. The van der Waals surface area contributed by atoms with Crippen molar-refractivity contribution in [2.24, 2.45) is 16.2 Å². The van der Waals surface area contributed by atoms with Crippen LogP contribution in [0.4, 0.5) is 0 Å². The third kappa shape index (κ3) is 5.49. The van der Waals surface area contributed by atoms with Gasteiger partial charge >= 0.3 is 0 Å². The van der Waals surface area contributed by atoms with Gasteiger partial charge in [-0.15, -0.1) is 0 Å². The molecule has 0 N–H and O–H groups in total. The smallest absolute Gasteiger partial charge is 0.0699 e. The van der Waals surface area contributed by atoms with E-state index in [0.29, 0.717) is 22.1 Å². The molecule has 1 heteroatoms. The summed E-state index contributed by atoms with van der Waals surface area (Å²) in [6, 6.07) is 0. The lowest BCUT2D eigenvalue weighted by atomic mass is 9.56. The maximum absolute atomic E-state index is 6.08. The van der Waals surface area contributed by atoms with Crippen molar-refractivity contribution < 1.29 is 0 Å². The minimum Gasteiger partial charge on any atom is -0.0773 e. The zero-order valence-electron chi connectivity index (χ0n) is 12.9. The van der Waals surface area contributed by atoms with E-state index in [2.05, 4.69) is 41.5 Å². The van der Waals surface area contributed by atoms with Crippen LogP contribution in [0.1, 0.15) is 80.1 Å². The van der Waals surface area contributed by atoms with Gasteiger partial charge in [-0.25, -0.2) is 0 Å². The number of hydrogen-bond acceptors (Lipinski definition) is 0. The molecule has 0 aromatic heterocycles. The van der Waals surface area contributed by atoms with Crippen molar-refractivity contribution in [3.8, 4) is 0 Å². The van der Waals surface area contributed by atoms with Crippen LogP contribution in [0.3, 0.4) is 0 Å². The number of hydrogen-bond donors (Lipinski definition) is 0. The van der Waals surface area contributed by atoms with Crippen LogP contribution in [0.25, 0.3) is 0 Å². The molecule has 0 spiro atoms. The molecule has 17 heavy (non-hydrogen) atoms. The molecule has 1 saturated carbocycles. The van der Waals surface area contributed by atoms with E-state index in [9.17, 15) is 0 Å². The van der Waals surface area contributed by atoms with Crippen LogP contribution in [0.2, 0.25) is 5.82 Å². The molecule has 0 saturated heterocycles. The first-order chi connectivity index (χ1) is 7.52. The fourth-order valence-electron chi connectivity index (χ4n) is 3.92. The molecule has 98 valence electrons. The fourth-order valence-corrected chi connectivity index (χ4v) is 3.92. The maximum atomic E-state index is 6.08. The van der Waals surface area contributed by atoms with Gasteiger partial charge in [-0.1, -0.05) is 60.2 Å². The van der Waals surface area contributed by atoms with Gasteiger partial charge in [0.25, 0.3) is 0 Å². The van der Waals surface area contributed by atoms with Gasteiger partial charge in [0.1, 0.15) is 0 Å². The highest BCUT2D eigenvalue weighted by molar-refractivity contribution is 6.11. The first kappa shape index (κ1) is 15.1. The summed E-state index contributed by atoms with van der Waals surface area (Å²) in [4.78, 5) is 0. The molecule has 1 rings (SSSR count). The van der Waals surface area contributed by atoms with Gasteiger partial charge in [0.05, 0.1) is 7.85 Å². The molecular formula is C16H31B. The van der Waals surface area contributed by atoms with Crippen molar-refractivity contribution in [2.45, 2.75) is 85.9 Å². The van der Waals surface area contributed by atoms with E-state index in [-0.39, 0.29) is 0 Å². The van der Waals surface area contributed by atoms with Crippen LogP contribution < -0.4 is 0 Å². The minimum absolute atomic E-state index is 0.437. The van der Waals surface area contributed by atoms with Crippen molar-refractivity contribution in [3.05, 3.63) is 0 Å². The van der Waals surface area contributed by atoms with Gasteiger partial charge in [-0.2, -0.15) is 0 Å². The van der Waals surface area contributed by atoms with E-state index in [0.717, 1.165) is 0 Å². The molecule has 0 amide bonds. The van der Waals surface area contributed by atoms with Crippen LogP contribution in [0.5, 0.6) is 0 Å². The summed E-state index contributed by atoms with van der Waals surface area (Å²) in [5, 5.41) is 0. The molecule has 0 aromatic rings. The molecule has 0 nitrogen and oxygen atoms in total. The SMILES string of the molecule is [B]C1CCC(CC(C)(C)C)(CC(C)(C)C)CC1. The van der Waals surface area contributed by atoms with E-state index in [1.54, 1.807) is 0 Å². The van der Waals surface area contributed by atoms with Crippen molar-refractivity contribution in [3.63, 3.8) is 0 Å². The fraction of sp³-hybridized carbons (Fsp3) is 1.00. The molecule has 2 radical (unpaired) electrons. The average molecular weight is 234 g/mol. The summed E-state index contributed by atoms with van der Waals surface area (Å²) in [5.41, 5.74) is 1.42. The van der Waals surface area contributed by atoms with Gasteiger partial charge in [-0.3, -0.25) is 0 Å². The van der Waals surface area contributed by atoms with Crippen LogP contribution in [-0.2, 0) is 0 Å². The van der Waals surface area contributed by atoms with Crippen LogP contribution >= 0.6 is 0 Å². The summed E-state index contributed by atoms with van der Waals surface area (Å²) in [5.74, 6) is 0.461. The van der Waals surface area contributed by atoms with E-state index < -0.39 is 0 Å². The van der Waals surface area contributed by atoms with E-state index in [1.165, 1.54) is 38.5 Å². The standard InChI is InChI=1S/C16H31B/c1-14(2,3)11-16(12-15(4,5)6)9-7-13(17)8-10-16/h13H,7-12H2,1-6H3. The second kappa shape index (κ2) is 4.98. The molecule has 0 bridgehead atoms. The molecule has 0 aromatic carbocycles. The third-order valence-corrected chi connectivity index (χ3v) is 3.90. The summed E-state index contributed by atoms with van der Waals surface area (Å²) < 4.78 is 0. The van der Waals surface area contributed by atoms with Gasteiger partial charge in [0.15, 0.2) is 0 Å². The average Bonchev–Trinajstić information content (AvgIpc) is 2.04. The summed E-state index contributed by atoms with van der Waals surface area (Å²) in [6.45, 7) is 14.3. The maximum Gasteiger partial charge on any atom is 0.0699 e. The van der Waals surface area contributed by atoms with Crippen LogP contribution in [-0.4, -0.2) is 7.85 Å². The quantitative estimate of drug-likeness (QED) is 0.563. The Balaban J connectivity index is 2.78. The summed E-state index contributed by atoms with van der Waals surface area (Å²) >= 11 is 0. The molecule has 0 unspecified atom stereocenters. The highest BCUT2D eigenvalue weighted by Gasteiger charge is 2.39. The van der Waals surface area contributed by atoms with Gasteiger partial charge in [0, 0.05) is 0 Å². The summed E-state index contributed by atoms with van der Waals surface area (Å²) in [6.07, 6.45) is 7.83. The normalized spacial score (nSPS) is 22.7. The first-order valence-electron chi connectivity index (χ1n) is 7.27. The second-order valence-electron chi connectivity index (χ2n) is 8.81. The third-order valence-electron chi connectivity index (χ3n) is 3.90. The van der Waals surface area contributed by atoms with Gasteiger partial charge in [-0.05, 0) is 41.9 Å². The lowest BCUT2D eigenvalue weighted by molar-refractivity contribution is 0.0633. The van der Waals surface area contributed by atoms with E-state index >= 15 is 0 Å². The van der Waals surface area contributed by atoms with Crippen molar-refractivity contribution >= 4 is 7.85 Å². The highest BCUT2D eigenvalue weighted by Crippen LogP contribution is 2.52. The van der Waals surface area contributed by atoms with Crippen molar-refractivity contribution in [1.29, 1.82) is 0 Å². The molecule has 0 aliphatic heterocycles. The topological polar surface area (TPSA) is 0 Å². The number of rotatable bonds is 2. The second-order valence-corrected chi connectivity index (χ2v) is 8.81. The lowest BCUT2D eigenvalue weighted by Crippen LogP contribution is -2.34. The predicted octanol–water partition coefficient (Wildman–Crippen LogP) is 5.38. The van der Waals surface area contributed by atoms with Gasteiger partial charge < -0.3 is 0 Å². The zero-order chi connectivity index (χ0) is 13.3. The monoisotopic (exact) mass is 234 g/mol. The Morgan fingerprint density at radius 1 is 0.882 bits per heavy atom. The van der Waals surface area contributed by atoms with Crippen LogP contribution in [0, 0.1) is 16.2 Å². The minimum atomic E-state index is 0.437. The Morgan fingerprint density at radius 2 is 1.24 bits per heavy atom. The first-order valence-corrected chi connectivity index (χ1v) is 7.27. The van der Waals surface area contributed by atoms with E-state index in [4.69, 9.17) is 7.85 Å². The van der Waals surface area contributed by atoms with Crippen LogP contribution in [0.15, 0.2) is 0 Å². The molecule has 0 atom stereocenters. The highest BCUT2D eigenvalue weighted by atomic mass is 14.4.